The number of hydrogen-bond acceptors (Lipinski definition) is 5. The van der Waals surface area contributed by atoms with Gasteiger partial charge >= 0.3 is 0 Å². The van der Waals surface area contributed by atoms with Gasteiger partial charge in [0.25, 0.3) is 5.91 Å². The highest BCUT2D eigenvalue weighted by Crippen LogP contribution is 2.20. The molecule has 3 rings (SSSR count). The van der Waals surface area contributed by atoms with Crippen LogP contribution in [0.5, 0.6) is 0 Å². The number of pyridine rings is 1. The maximum Gasteiger partial charge on any atom is 0.269 e. The first-order valence-electron chi connectivity index (χ1n) is 8.58. The number of nitrogens with zero attached hydrogens (tertiary/aromatic N) is 4. The van der Waals surface area contributed by atoms with Crippen molar-refractivity contribution in [3.05, 3.63) is 53.9 Å². The van der Waals surface area contributed by atoms with E-state index in [1.54, 1.807) is 43.6 Å². The van der Waals surface area contributed by atoms with Crippen LogP contribution < -0.4 is 5.73 Å². The molecule has 0 aliphatic carbocycles. The zero-order valence-electron chi connectivity index (χ0n) is 15.2. The van der Waals surface area contributed by atoms with Crippen molar-refractivity contribution in [3.63, 3.8) is 0 Å². The van der Waals surface area contributed by atoms with E-state index in [2.05, 4.69) is 21.9 Å². The van der Waals surface area contributed by atoms with Crippen LogP contribution in [-0.2, 0) is 4.79 Å². The molecule has 0 saturated heterocycles. The molecule has 0 aliphatic rings. The van der Waals surface area contributed by atoms with Crippen molar-refractivity contribution in [1.82, 2.24) is 19.7 Å². The molecule has 0 radical (unpaired) electrons. The number of benzene rings is 1. The lowest BCUT2D eigenvalue weighted by molar-refractivity contribution is -0.117. The van der Waals surface area contributed by atoms with Gasteiger partial charge in [0.1, 0.15) is 6.10 Å². The monoisotopic (exact) mass is 377 g/mol. The standard InChI is InChI=1S/C20H19N5O3/c1-24(13-26)11-9-16(27)8-7-14-4-2-5-15(12-14)25-20-17(6-3-10-22-20)18(23-25)19(21)28/h2-6,10,12-13,16,27H,9,11H2,1H3,(H2,21,28)/t16-/m0/s1. The zero-order valence-corrected chi connectivity index (χ0v) is 15.2. The van der Waals surface area contributed by atoms with Crippen LogP contribution in [0.4, 0.5) is 0 Å². The molecule has 8 heteroatoms. The third-order valence-electron chi connectivity index (χ3n) is 4.08. The summed E-state index contributed by atoms with van der Waals surface area (Å²) in [6.45, 7) is 0.417. The smallest absolute Gasteiger partial charge is 0.269 e. The molecule has 8 nitrogen and oxygen atoms in total. The van der Waals surface area contributed by atoms with Crippen LogP contribution in [0.25, 0.3) is 16.7 Å². The highest BCUT2D eigenvalue weighted by atomic mass is 16.3. The van der Waals surface area contributed by atoms with Crippen molar-refractivity contribution in [2.24, 2.45) is 5.73 Å². The Hall–Kier alpha value is -3.70. The molecule has 3 N–H and O–H groups in total. The summed E-state index contributed by atoms with van der Waals surface area (Å²) >= 11 is 0. The van der Waals surface area contributed by atoms with E-state index in [0.29, 0.717) is 41.7 Å². The van der Waals surface area contributed by atoms with Gasteiger partial charge in [-0.15, -0.1) is 0 Å². The summed E-state index contributed by atoms with van der Waals surface area (Å²) in [6.07, 6.45) is 1.82. The molecule has 1 atom stereocenters. The van der Waals surface area contributed by atoms with Crippen LogP contribution in [0.1, 0.15) is 22.5 Å². The minimum absolute atomic E-state index is 0.148. The van der Waals surface area contributed by atoms with Gasteiger partial charge < -0.3 is 15.7 Å². The van der Waals surface area contributed by atoms with Gasteiger partial charge in [-0.1, -0.05) is 17.9 Å². The van der Waals surface area contributed by atoms with Crippen LogP contribution >= 0.6 is 0 Å². The van der Waals surface area contributed by atoms with E-state index in [9.17, 15) is 14.7 Å². The number of hydrogen-bond donors (Lipinski definition) is 2. The van der Waals surface area contributed by atoms with E-state index < -0.39 is 12.0 Å². The Balaban J connectivity index is 1.89. The van der Waals surface area contributed by atoms with Crippen molar-refractivity contribution in [3.8, 4) is 17.5 Å². The van der Waals surface area contributed by atoms with Gasteiger partial charge in [0.05, 0.1) is 11.1 Å². The lowest BCUT2D eigenvalue weighted by Crippen LogP contribution is -2.21. The van der Waals surface area contributed by atoms with Gasteiger partial charge in [0.2, 0.25) is 6.41 Å². The zero-order chi connectivity index (χ0) is 20.1. The molecular weight excluding hydrogens is 358 g/mol. The SMILES string of the molecule is CN(C=O)CC[C@@H](O)C#Cc1cccc(-n2nc(C(N)=O)c3cccnc32)c1. The topological polar surface area (TPSA) is 114 Å². The third-order valence-corrected chi connectivity index (χ3v) is 4.08. The van der Waals surface area contributed by atoms with E-state index in [4.69, 9.17) is 5.73 Å². The Morgan fingerprint density at radius 3 is 2.96 bits per heavy atom. The number of rotatable bonds is 6. The number of aromatic nitrogens is 3. The molecule has 142 valence electrons. The predicted molar refractivity (Wildman–Crippen MR) is 104 cm³/mol. The van der Waals surface area contributed by atoms with Crippen molar-refractivity contribution < 1.29 is 14.7 Å². The molecule has 2 amide bonds. The number of fused-ring (bicyclic) bond motifs is 1. The third kappa shape index (κ3) is 4.16. The molecular formula is C20H19N5O3. The molecule has 28 heavy (non-hydrogen) atoms. The fourth-order valence-electron chi connectivity index (χ4n) is 2.65. The average Bonchev–Trinajstić information content (AvgIpc) is 3.10. The van der Waals surface area contributed by atoms with Gasteiger partial charge in [-0.3, -0.25) is 9.59 Å². The Labute approximate surface area is 161 Å². The molecule has 2 aromatic heterocycles. The minimum Gasteiger partial charge on any atom is -0.380 e. The van der Waals surface area contributed by atoms with Gasteiger partial charge in [0, 0.05) is 31.8 Å². The molecule has 0 bridgehead atoms. The first kappa shape index (κ1) is 19.1. The molecule has 2 heterocycles. The maximum absolute atomic E-state index is 11.7. The number of aliphatic hydroxyl groups excluding tert-OH is 1. The normalized spacial score (nSPS) is 11.5. The molecule has 0 fully saturated rings. The fraction of sp³-hybridized carbons (Fsp3) is 0.200. The Bertz CT molecular complexity index is 1080. The van der Waals surface area contributed by atoms with E-state index in [1.807, 2.05) is 6.07 Å². The van der Waals surface area contributed by atoms with Crippen molar-refractivity contribution in [1.29, 1.82) is 0 Å². The van der Waals surface area contributed by atoms with E-state index >= 15 is 0 Å². The number of carbonyl (C=O) groups is 2. The Morgan fingerprint density at radius 2 is 2.21 bits per heavy atom. The highest BCUT2D eigenvalue weighted by molar-refractivity contribution is 6.03. The number of nitrogens with two attached hydrogens (primary N) is 1. The number of amides is 2. The second kappa shape index (κ2) is 8.33. The molecule has 1 aromatic carbocycles. The summed E-state index contributed by atoms with van der Waals surface area (Å²) < 4.78 is 1.54. The number of aliphatic hydroxyl groups is 1. The van der Waals surface area contributed by atoms with Gasteiger partial charge in [-0.05, 0) is 30.3 Å². The summed E-state index contributed by atoms with van der Waals surface area (Å²) in [4.78, 5) is 28.0. The van der Waals surface area contributed by atoms with Crippen LogP contribution in [0.15, 0.2) is 42.6 Å². The molecule has 0 aliphatic heterocycles. The van der Waals surface area contributed by atoms with Crippen LogP contribution in [0.3, 0.4) is 0 Å². The highest BCUT2D eigenvalue weighted by Gasteiger charge is 2.16. The van der Waals surface area contributed by atoms with Crippen LogP contribution in [-0.4, -0.2) is 56.8 Å². The quantitative estimate of drug-likeness (QED) is 0.485. The van der Waals surface area contributed by atoms with Crippen molar-refractivity contribution in [2.75, 3.05) is 13.6 Å². The number of primary amides is 1. The Morgan fingerprint density at radius 1 is 1.39 bits per heavy atom. The number of carbonyl (C=O) groups excluding carboxylic acids is 2. The molecule has 0 saturated carbocycles. The van der Waals surface area contributed by atoms with Crippen molar-refractivity contribution >= 4 is 23.4 Å². The van der Waals surface area contributed by atoms with Gasteiger partial charge in [-0.2, -0.15) is 5.10 Å². The lowest BCUT2D eigenvalue weighted by Gasteiger charge is -2.10. The summed E-state index contributed by atoms with van der Waals surface area (Å²) in [7, 11) is 1.64. The lowest BCUT2D eigenvalue weighted by atomic mass is 10.1. The molecule has 0 spiro atoms. The summed E-state index contributed by atoms with van der Waals surface area (Å²) in [5, 5.41) is 14.8. The van der Waals surface area contributed by atoms with Crippen LogP contribution in [0.2, 0.25) is 0 Å². The van der Waals surface area contributed by atoms with Gasteiger partial charge in [-0.25, -0.2) is 9.67 Å². The van der Waals surface area contributed by atoms with E-state index in [0.717, 1.165) is 0 Å². The average molecular weight is 377 g/mol. The Kier molecular flexibility index (Phi) is 5.67. The first-order chi connectivity index (χ1) is 13.5. The van der Waals surface area contributed by atoms with E-state index in [1.165, 1.54) is 9.58 Å². The van der Waals surface area contributed by atoms with Crippen molar-refractivity contribution in [2.45, 2.75) is 12.5 Å². The summed E-state index contributed by atoms with van der Waals surface area (Å²) in [5.74, 6) is 5.05. The first-order valence-corrected chi connectivity index (χ1v) is 8.58. The van der Waals surface area contributed by atoms with Gasteiger partial charge in [0.15, 0.2) is 11.3 Å². The van der Waals surface area contributed by atoms with E-state index in [-0.39, 0.29) is 5.69 Å². The maximum atomic E-state index is 11.7. The minimum atomic E-state index is -0.847. The van der Waals surface area contributed by atoms with Crippen LogP contribution in [0, 0.1) is 11.8 Å². The summed E-state index contributed by atoms with van der Waals surface area (Å²) in [6, 6.07) is 10.6. The predicted octanol–water partition coefficient (Wildman–Crippen LogP) is 0.710. The molecule has 0 unspecified atom stereocenters. The second-order valence-corrected chi connectivity index (χ2v) is 6.21. The summed E-state index contributed by atoms with van der Waals surface area (Å²) in [5.41, 5.74) is 7.42. The fourth-order valence-corrected chi connectivity index (χ4v) is 2.65. The largest absolute Gasteiger partial charge is 0.380 e. The second-order valence-electron chi connectivity index (χ2n) is 6.21. The molecule has 3 aromatic rings.